The summed E-state index contributed by atoms with van der Waals surface area (Å²) in [6, 6.07) is 4.44. The molecule has 1 aromatic heterocycles. The van der Waals surface area contributed by atoms with Gasteiger partial charge in [0.05, 0.1) is 6.54 Å². The van der Waals surface area contributed by atoms with Crippen molar-refractivity contribution in [1.82, 2.24) is 15.5 Å². The third-order valence-corrected chi connectivity index (χ3v) is 4.32. The van der Waals surface area contributed by atoms with E-state index in [-0.39, 0.29) is 30.5 Å². The second kappa shape index (κ2) is 10.4. The number of hydrogen-bond acceptors (Lipinski definition) is 4. The third-order valence-electron chi connectivity index (χ3n) is 4.32. The lowest BCUT2D eigenvalue weighted by atomic mass is 10.0. The van der Waals surface area contributed by atoms with Gasteiger partial charge >= 0.3 is 0 Å². The number of aliphatic imine (C=N–C) groups is 1. The number of nitrogens with one attached hydrogen (secondary N) is 2. The lowest BCUT2D eigenvalue weighted by Crippen LogP contribution is -2.42. The zero-order valence-corrected chi connectivity index (χ0v) is 18.2. The molecular weight excluding hydrogens is 431 g/mol. The van der Waals surface area contributed by atoms with Crippen LogP contribution < -0.4 is 10.6 Å². The molecule has 144 valence electrons. The molecule has 6 nitrogen and oxygen atoms in total. The molecule has 0 saturated heterocycles. The van der Waals surface area contributed by atoms with Crippen molar-refractivity contribution in [3.8, 4) is 0 Å². The molecule has 1 fully saturated rings. The molecule has 3 N–H and O–H groups in total. The molecule has 25 heavy (non-hydrogen) atoms. The average Bonchev–Trinajstić information content (AvgIpc) is 3.29. The van der Waals surface area contributed by atoms with Gasteiger partial charge in [-0.15, -0.1) is 24.0 Å². The van der Waals surface area contributed by atoms with Gasteiger partial charge < -0.3 is 20.2 Å². The topological polar surface area (TPSA) is 73.0 Å². The van der Waals surface area contributed by atoms with Gasteiger partial charge in [0.1, 0.15) is 17.1 Å². The molecule has 0 spiro atoms. The van der Waals surface area contributed by atoms with E-state index in [2.05, 4.69) is 27.4 Å². The summed E-state index contributed by atoms with van der Waals surface area (Å²) in [6.07, 6.45) is 2.65. The highest BCUT2D eigenvalue weighted by Gasteiger charge is 2.28. The third kappa shape index (κ3) is 7.15. The molecule has 0 radical (unpaired) electrons. The highest BCUT2D eigenvalue weighted by atomic mass is 127. The van der Waals surface area contributed by atoms with E-state index < -0.39 is 5.60 Å². The van der Waals surface area contributed by atoms with Gasteiger partial charge in [0.2, 0.25) is 0 Å². The molecular formula is C18H33IN4O2. The van der Waals surface area contributed by atoms with Gasteiger partial charge in [-0.05, 0) is 52.3 Å². The van der Waals surface area contributed by atoms with E-state index in [9.17, 15) is 5.11 Å². The molecule has 1 aromatic rings. The fourth-order valence-corrected chi connectivity index (χ4v) is 2.73. The summed E-state index contributed by atoms with van der Waals surface area (Å²) in [5.41, 5.74) is -1.11. The Kier molecular flexibility index (Phi) is 9.23. The minimum Gasteiger partial charge on any atom is -0.463 e. The predicted octanol–water partition coefficient (Wildman–Crippen LogP) is 2.45. The summed E-state index contributed by atoms with van der Waals surface area (Å²) >= 11 is 0. The summed E-state index contributed by atoms with van der Waals surface area (Å²) in [6.45, 7) is 11.8. The second-order valence-electron chi connectivity index (χ2n) is 6.67. The van der Waals surface area contributed by atoms with Gasteiger partial charge in [0.25, 0.3) is 0 Å². The van der Waals surface area contributed by atoms with Crippen molar-refractivity contribution in [2.75, 3.05) is 32.7 Å². The average molecular weight is 464 g/mol. The van der Waals surface area contributed by atoms with Crippen LogP contribution in [0.15, 0.2) is 21.5 Å². The lowest BCUT2D eigenvalue weighted by molar-refractivity contribution is 0.0428. The van der Waals surface area contributed by atoms with Crippen molar-refractivity contribution in [3.05, 3.63) is 23.7 Å². The normalized spacial score (nSPS) is 17.1. The van der Waals surface area contributed by atoms with Gasteiger partial charge in [0, 0.05) is 25.7 Å². The van der Waals surface area contributed by atoms with E-state index in [0.717, 1.165) is 43.9 Å². The van der Waals surface area contributed by atoms with Crippen LogP contribution in [0.1, 0.15) is 45.1 Å². The molecule has 1 unspecified atom stereocenters. The van der Waals surface area contributed by atoms with E-state index in [4.69, 9.17) is 4.42 Å². The number of guanidine groups is 1. The molecule has 1 aliphatic carbocycles. The Morgan fingerprint density at radius 2 is 2.08 bits per heavy atom. The fourth-order valence-electron chi connectivity index (χ4n) is 2.73. The number of likely N-dealkylation sites (N-methyl/N-ethyl adjacent to an activating group) is 1. The summed E-state index contributed by atoms with van der Waals surface area (Å²) in [4.78, 5) is 7.02. The molecule has 1 aliphatic rings. The lowest BCUT2D eigenvalue weighted by Gasteiger charge is -2.22. The van der Waals surface area contributed by atoms with Crippen LogP contribution in [0.25, 0.3) is 0 Å². The second-order valence-corrected chi connectivity index (χ2v) is 6.67. The first-order chi connectivity index (χ1) is 11.5. The van der Waals surface area contributed by atoms with Crippen LogP contribution in [0.5, 0.6) is 0 Å². The van der Waals surface area contributed by atoms with Crippen LogP contribution >= 0.6 is 24.0 Å². The van der Waals surface area contributed by atoms with Crippen LogP contribution in [0.3, 0.4) is 0 Å². The minimum atomic E-state index is -1.11. The van der Waals surface area contributed by atoms with E-state index in [1.807, 2.05) is 19.9 Å². The van der Waals surface area contributed by atoms with Gasteiger partial charge in [-0.25, -0.2) is 4.99 Å². The Morgan fingerprint density at radius 1 is 1.36 bits per heavy atom. The molecule has 1 heterocycles. The Morgan fingerprint density at radius 3 is 2.60 bits per heavy atom. The fraction of sp³-hybridized carbons (Fsp3) is 0.722. The first-order valence-electron chi connectivity index (χ1n) is 9.01. The highest BCUT2D eigenvalue weighted by molar-refractivity contribution is 14.0. The highest BCUT2D eigenvalue weighted by Crippen LogP contribution is 2.26. The van der Waals surface area contributed by atoms with E-state index in [1.54, 1.807) is 13.0 Å². The summed E-state index contributed by atoms with van der Waals surface area (Å²) < 4.78 is 5.53. The molecule has 0 aliphatic heterocycles. The van der Waals surface area contributed by atoms with Gasteiger partial charge in [-0.1, -0.05) is 6.92 Å². The standard InChI is InChI=1S/C18H32N4O2.HI/c1-5-19-17(20-11-12-22(6-2)15-8-9-15)21-13-18(4,23)16-10-7-14(3)24-16;/h7,10,15,23H,5-6,8-9,11-13H2,1-4H3,(H2,19,20,21);1H. The zero-order chi connectivity index (χ0) is 17.6. The number of halogens is 1. The number of nitrogens with zero attached hydrogens (tertiary/aromatic N) is 2. The van der Waals surface area contributed by atoms with Crippen LogP contribution in [-0.2, 0) is 5.60 Å². The Labute approximate surface area is 168 Å². The van der Waals surface area contributed by atoms with Crippen LogP contribution in [0.2, 0.25) is 0 Å². The predicted molar refractivity (Wildman–Crippen MR) is 113 cm³/mol. The van der Waals surface area contributed by atoms with Gasteiger partial charge in [0.15, 0.2) is 5.96 Å². The number of aryl methyl sites for hydroxylation is 1. The van der Waals surface area contributed by atoms with Crippen molar-refractivity contribution >= 4 is 29.9 Å². The summed E-state index contributed by atoms with van der Waals surface area (Å²) in [7, 11) is 0. The molecule has 0 amide bonds. The smallest absolute Gasteiger partial charge is 0.191 e. The minimum absolute atomic E-state index is 0. The van der Waals surface area contributed by atoms with E-state index >= 15 is 0 Å². The first-order valence-corrected chi connectivity index (χ1v) is 9.01. The summed E-state index contributed by atoms with van der Waals surface area (Å²) in [5.74, 6) is 2.07. The SMILES string of the molecule is CCNC(=NCC(C)(O)c1ccc(C)o1)NCCN(CC)C1CC1.I. The zero-order valence-electron chi connectivity index (χ0n) is 15.8. The number of aliphatic hydroxyl groups is 1. The van der Waals surface area contributed by atoms with Crippen molar-refractivity contribution in [2.45, 2.75) is 52.2 Å². The largest absolute Gasteiger partial charge is 0.463 e. The van der Waals surface area contributed by atoms with E-state index in [0.29, 0.717) is 5.76 Å². The molecule has 7 heteroatoms. The number of rotatable bonds is 9. The van der Waals surface area contributed by atoms with Crippen LogP contribution in [0, 0.1) is 6.92 Å². The Hall–Kier alpha value is -0.800. The van der Waals surface area contributed by atoms with Crippen LogP contribution in [-0.4, -0.2) is 54.7 Å². The molecule has 2 rings (SSSR count). The van der Waals surface area contributed by atoms with Crippen molar-refractivity contribution < 1.29 is 9.52 Å². The molecule has 0 aromatic carbocycles. The van der Waals surface area contributed by atoms with Crippen LogP contribution in [0.4, 0.5) is 0 Å². The Balaban J connectivity index is 0.00000312. The van der Waals surface area contributed by atoms with Crippen molar-refractivity contribution in [3.63, 3.8) is 0 Å². The quantitative estimate of drug-likeness (QED) is 0.298. The molecule has 1 atom stereocenters. The van der Waals surface area contributed by atoms with E-state index in [1.165, 1.54) is 12.8 Å². The monoisotopic (exact) mass is 464 g/mol. The van der Waals surface area contributed by atoms with Gasteiger partial charge in [-0.2, -0.15) is 0 Å². The molecule has 0 bridgehead atoms. The Bertz CT molecular complexity index is 541. The number of furan rings is 1. The number of hydrogen-bond donors (Lipinski definition) is 3. The maximum absolute atomic E-state index is 10.6. The summed E-state index contributed by atoms with van der Waals surface area (Å²) in [5, 5.41) is 17.2. The molecule has 1 saturated carbocycles. The van der Waals surface area contributed by atoms with Crippen molar-refractivity contribution in [2.24, 2.45) is 4.99 Å². The van der Waals surface area contributed by atoms with Gasteiger partial charge in [-0.3, -0.25) is 4.90 Å². The maximum atomic E-state index is 10.6. The maximum Gasteiger partial charge on any atom is 0.191 e. The van der Waals surface area contributed by atoms with Crippen molar-refractivity contribution in [1.29, 1.82) is 0 Å². The first kappa shape index (κ1) is 22.2.